The van der Waals surface area contributed by atoms with Gasteiger partial charge in [0.1, 0.15) is 41.2 Å². The normalized spacial score (nSPS) is 18.3. The van der Waals surface area contributed by atoms with E-state index < -0.39 is 41.7 Å². The molecule has 0 aliphatic carbocycles. The Morgan fingerprint density at radius 2 is 1.46 bits per heavy atom. The average Bonchev–Trinajstić information content (AvgIpc) is 3.50. The summed E-state index contributed by atoms with van der Waals surface area (Å²) in [5, 5.41) is 23.5. The number of hydrogen-bond donors (Lipinski definition) is 2. The predicted octanol–water partition coefficient (Wildman–Crippen LogP) is 5.08. The lowest BCUT2D eigenvalue weighted by atomic mass is 9.80. The van der Waals surface area contributed by atoms with Crippen molar-refractivity contribution in [2.45, 2.75) is 36.6 Å². The first kappa shape index (κ1) is 36.0. The number of rotatable bonds is 14. The van der Waals surface area contributed by atoms with Crippen LogP contribution in [-0.4, -0.2) is 66.3 Å². The second kappa shape index (κ2) is 16.5. The largest absolute Gasteiger partial charge is 0.497 e. The number of nitriles is 1. The number of carbonyl (C=O) groups excluding carboxylic acids is 1. The molecule has 4 aromatic carbocycles. The van der Waals surface area contributed by atoms with Crippen LogP contribution in [0.15, 0.2) is 126 Å². The van der Waals surface area contributed by atoms with Gasteiger partial charge >= 0.3 is 5.69 Å². The SMILES string of the molecule is COc1ccc(C(OC[C@H]2O[C@@H](n3ccc(NC(=O)c4ccccc4)nc3=O)[C@H](OCCC#N)[C@@H]2O)(c2ccccc2)c2ccc(OC)cc2)cc1. The van der Waals surface area contributed by atoms with E-state index in [1.54, 1.807) is 44.6 Å². The summed E-state index contributed by atoms with van der Waals surface area (Å²) in [6, 6.07) is 36.8. The van der Waals surface area contributed by atoms with Crippen LogP contribution in [0.1, 0.15) is 39.7 Å². The molecule has 1 aromatic heterocycles. The lowest BCUT2D eigenvalue weighted by Crippen LogP contribution is -2.40. The van der Waals surface area contributed by atoms with Crippen molar-refractivity contribution in [1.82, 2.24) is 9.55 Å². The van der Waals surface area contributed by atoms with Crippen LogP contribution in [0.3, 0.4) is 0 Å². The topological polar surface area (TPSA) is 154 Å². The van der Waals surface area contributed by atoms with Crippen LogP contribution in [0, 0.1) is 11.3 Å². The Morgan fingerprint density at radius 3 is 2.02 bits per heavy atom. The van der Waals surface area contributed by atoms with Gasteiger partial charge in [0.05, 0.1) is 39.9 Å². The molecule has 5 aromatic rings. The van der Waals surface area contributed by atoms with Crippen molar-refractivity contribution < 1.29 is 33.6 Å². The van der Waals surface area contributed by atoms with E-state index in [4.69, 9.17) is 23.7 Å². The second-order valence-corrected chi connectivity index (χ2v) is 11.9. The molecule has 1 saturated heterocycles. The molecule has 1 aliphatic heterocycles. The van der Waals surface area contributed by atoms with Crippen LogP contribution < -0.4 is 20.5 Å². The monoisotopic (exact) mass is 702 g/mol. The fraction of sp³-hybridized carbons (Fsp3) is 0.250. The van der Waals surface area contributed by atoms with E-state index in [1.807, 2.05) is 84.9 Å². The number of nitrogens with zero attached hydrogens (tertiary/aromatic N) is 3. The number of benzene rings is 4. The van der Waals surface area contributed by atoms with Gasteiger partial charge in [0.2, 0.25) is 0 Å². The Bertz CT molecular complexity index is 1990. The van der Waals surface area contributed by atoms with Gasteiger partial charge in [-0.3, -0.25) is 9.36 Å². The molecular formula is C40H38N4O8. The maximum absolute atomic E-state index is 13.4. The van der Waals surface area contributed by atoms with Crippen LogP contribution >= 0.6 is 0 Å². The zero-order valence-corrected chi connectivity index (χ0v) is 28.6. The van der Waals surface area contributed by atoms with Gasteiger partial charge in [0.25, 0.3) is 5.91 Å². The number of aliphatic hydroxyl groups is 1. The second-order valence-electron chi connectivity index (χ2n) is 11.9. The molecule has 2 N–H and O–H groups in total. The Hall–Kier alpha value is -5.84. The predicted molar refractivity (Wildman–Crippen MR) is 191 cm³/mol. The fourth-order valence-electron chi connectivity index (χ4n) is 6.24. The number of anilines is 1. The smallest absolute Gasteiger partial charge is 0.351 e. The Morgan fingerprint density at radius 1 is 0.885 bits per heavy atom. The average molecular weight is 703 g/mol. The maximum atomic E-state index is 13.4. The van der Waals surface area contributed by atoms with Crippen molar-refractivity contribution in [3.8, 4) is 17.6 Å². The van der Waals surface area contributed by atoms with E-state index in [0.717, 1.165) is 16.7 Å². The summed E-state index contributed by atoms with van der Waals surface area (Å²) in [7, 11) is 3.19. The highest BCUT2D eigenvalue weighted by Crippen LogP contribution is 2.43. The standard InChI is InChI=1S/C40H38N4O8/c1-48-31-18-14-29(15-19-31)40(28-12-7-4-8-13-28,30-16-20-32(49-2)21-17-30)51-26-33-35(45)36(50-25-9-23-41)38(52-33)44-24-22-34(43-39(44)47)42-37(46)27-10-5-3-6-11-27/h3-8,10-22,24,33,35-36,38,45H,9,25-26H2,1-2H3,(H,42,43,46,47)/t33-,35-,36-,38-/m1/s1. The summed E-state index contributed by atoms with van der Waals surface area (Å²) >= 11 is 0. The molecule has 52 heavy (non-hydrogen) atoms. The van der Waals surface area contributed by atoms with Gasteiger partial charge < -0.3 is 34.1 Å². The quantitative estimate of drug-likeness (QED) is 0.118. The zero-order chi connectivity index (χ0) is 36.5. The first-order valence-electron chi connectivity index (χ1n) is 16.6. The van der Waals surface area contributed by atoms with Crippen LogP contribution in [0.5, 0.6) is 11.5 Å². The van der Waals surface area contributed by atoms with E-state index in [-0.39, 0.29) is 25.5 Å². The highest BCUT2D eigenvalue weighted by molar-refractivity contribution is 6.03. The minimum Gasteiger partial charge on any atom is -0.497 e. The molecule has 1 aliphatic rings. The van der Waals surface area contributed by atoms with Crippen LogP contribution in [-0.2, 0) is 19.8 Å². The minimum absolute atomic E-state index is 0.00922. The molecule has 12 nitrogen and oxygen atoms in total. The minimum atomic E-state index is -1.27. The molecule has 2 heterocycles. The van der Waals surface area contributed by atoms with E-state index in [2.05, 4.69) is 10.3 Å². The molecule has 266 valence electrons. The number of aromatic nitrogens is 2. The van der Waals surface area contributed by atoms with Crippen molar-refractivity contribution >= 4 is 11.7 Å². The number of carbonyl (C=O) groups is 1. The van der Waals surface area contributed by atoms with E-state index in [9.17, 15) is 20.0 Å². The van der Waals surface area contributed by atoms with E-state index in [1.165, 1.54) is 16.8 Å². The summed E-state index contributed by atoms with van der Waals surface area (Å²) in [4.78, 5) is 30.1. The first-order chi connectivity index (χ1) is 25.4. The zero-order valence-electron chi connectivity index (χ0n) is 28.6. The molecule has 6 rings (SSSR count). The molecule has 0 unspecified atom stereocenters. The summed E-state index contributed by atoms with van der Waals surface area (Å²) in [5.74, 6) is 0.949. The Balaban J connectivity index is 1.33. The summed E-state index contributed by atoms with van der Waals surface area (Å²) < 4.78 is 31.4. The van der Waals surface area contributed by atoms with Crippen LogP contribution in [0.4, 0.5) is 5.82 Å². The molecule has 0 spiro atoms. The van der Waals surface area contributed by atoms with Gasteiger partial charge in [0.15, 0.2) is 6.23 Å². The highest BCUT2D eigenvalue weighted by atomic mass is 16.6. The Labute approximate surface area is 300 Å². The number of nitrogens with one attached hydrogen (secondary N) is 1. The first-order valence-corrected chi connectivity index (χ1v) is 16.6. The van der Waals surface area contributed by atoms with Gasteiger partial charge in [-0.1, -0.05) is 72.8 Å². The lowest BCUT2D eigenvalue weighted by molar-refractivity contribution is -0.0979. The number of amides is 1. The van der Waals surface area contributed by atoms with Gasteiger partial charge in [0, 0.05) is 11.8 Å². The number of ether oxygens (including phenoxy) is 5. The van der Waals surface area contributed by atoms with Crippen molar-refractivity contribution in [2.24, 2.45) is 0 Å². The van der Waals surface area contributed by atoms with Gasteiger partial charge in [-0.25, -0.2) is 4.79 Å². The van der Waals surface area contributed by atoms with E-state index >= 15 is 0 Å². The third-order valence-electron chi connectivity index (χ3n) is 8.86. The molecule has 0 radical (unpaired) electrons. The number of aliphatic hydroxyl groups excluding tert-OH is 1. The van der Waals surface area contributed by atoms with Crippen LogP contribution in [0.25, 0.3) is 0 Å². The molecule has 12 heteroatoms. The van der Waals surface area contributed by atoms with Crippen LogP contribution in [0.2, 0.25) is 0 Å². The van der Waals surface area contributed by atoms with Crippen molar-refractivity contribution in [3.63, 3.8) is 0 Å². The molecule has 0 saturated carbocycles. The molecule has 1 fully saturated rings. The summed E-state index contributed by atoms with van der Waals surface area (Å²) in [5.41, 5.74) is 0.835. The lowest BCUT2D eigenvalue weighted by Gasteiger charge is -2.37. The molecule has 1 amide bonds. The molecule has 0 bridgehead atoms. The maximum Gasteiger partial charge on any atom is 0.351 e. The number of methoxy groups -OCH3 is 2. The molecular weight excluding hydrogens is 664 g/mol. The van der Waals surface area contributed by atoms with Crippen molar-refractivity contribution in [3.05, 3.63) is 154 Å². The summed E-state index contributed by atoms with van der Waals surface area (Å²) in [6.07, 6.45) is -2.97. The Kier molecular flexibility index (Phi) is 11.4. The fourth-order valence-corrected chi connectivity index (χ4v) is 6.24. The van der Waals surface area contributed by atoms with Gasteiger partial charge in [-0.2, -0.15) is 10.2 Å². The third-order valence-corrected chi connectivity index (χ3v) is 8.86. The van der Waals surface area contributed by atoms with E-state index in [0.29, 0.717) is 17.1 Å². The van der Waals surface area contributed by atoms with Gasteiger partial charge in [-0.15, -0.1) is 0 Å². The molecule has 4 atom stereocenters. The summed E-state index contributed by atoms with van der Waals surface area (Å²) in [6.45, 7) is -0.152. The van der Waals surface area contributed by atoms with Gasteiger partial charge in [-0.05, 0) is 59.2 Å². The highest BCUT2D eigenvalue weighted by Gasteiger charge is 2.48. The third kappa shape index (κ3) is 7.58. The van der Waals surface area contributed by atoms with Crippen molar-refractivity contribution in [2.75, 3.05) is 32.8 Å². The van der Waals surface area contributed by atoms with Crippen molar-refractivity contribution in [1.29, 1.82) is 5.26 Å². The number of hydrogen-bond acceptors (Lipinski definition) is 10.